The average molecular weight is 462 g/mol. The molecule has 0 amide bonds. The third-order valence-corrected chi connectivity index (χ3v) is 7.65. The fraction of sp³-hybridized carbons (Fsp3) is 0.267. The predicted molar refractivity (Wildman–Crippen MR) is 145 cm³/mol. The van der Waals surface area contributed by atoms with Gasteiger partial charge in [-0.05, 0) is 73.1 Å². The van der Waals surface area contributed by atoms with Crippen LogP contribution >= 0.6 is 0 Å². The van der Waals surface area contributed by atoms with Crippen LogP contribution in [0.5, 0.6) is 0 Å². The highest BCUT2D eigenvalue weighted by Gasteiger charge is 2.27. The molecule has 0 bridgehead atoms. The largest absolute Gasteiger partial charge is 0.353 e. The van der Waals surface area contributed by atoms with Crippen LogP contribution in [0.15, 0.2) is 65.3 Å². The number of aryl methyl sites for hydroxylation is 5. The molecule has 3 aromatic heterocycles. The second-order valence-corrected chi connectivity index (χ2v) is 9.62. The van der Waals surface area contributed by atoms with E-state index in [0.717, 1.165) is 37.9 Å². The van der Waals surface area contributed by atoms with Gasteiger partial charge in [-0.1, -0.05) is 43.3 Å². The molecular formula is C30H31N5. The Morgan fingerprint density at radius 3 is 2.69 bits per heavy atom. The maximum absolute atomic E-state index is 4.68. The van der Waals surface area contributed by atoms with Crippen LogP contribution in [0.1, 0.15) is 41.8 Å². The van der Waals surface area contributed by atoms with Crippen LogP contribution in [0, 0.1) is 6.92 Å². The van der Waals surface area contributed by atoms with E-state index in [9.17, 15) is 0 Å². The summed E-state index contributed by atoms with van der Waals surface area (Å²) in [7, 11) is 2.17. The minimum absolute atomic E-state index is 0. The monoisotopic (exact) mass is 461 g/mol. The Labute approximate surface area is 205 Å². The predicted octanol–water partition coefficient (Wildman–Crippen LogP) is 6.45. The fourth-order valence-electron chi connectivity index (χ4n) is 5.99. The molecule has 4 heterocycles. The number of nitrogens with zero attached hydrogens (tertiary/aromatic N) is 3. The van der Waals surface area contributed by atoms with E-state index in [4.69, 9.17) is 0 Å². The topological polar surface area (TPSA) is 61.8 Å². The maximum Gasteiger partial charge on any atom is 0.0847 e. The lowest BCUT2D eigenvalue weighted by atomic mass is 9.90. The second kappa shape index (κ2) is 8.12. The Morgan fingerprint density at radius 1 is 0.914 bits per heavy atom. The molecule has 3 aliphatic rings. The molecule has 2 N–H and O–H groups in total. The number of aliphatic imine (C=N–C) groups is 1. The summed E-state index contributed by atoms with van der Waals surface area (Å²) in [5.74, 6) is 0. The van der Waals surface area contributed by atoms with Gasteiger partial charge in [0.15, 0.2) is 0 Å². The zero-order chi connectivity index (χ0) is 22.8. The quantitative estimate of drug-likeness (QED) is 0.273. The van der Waals surface area contributed by atoms with Crippen molar-refractivity contribution in [3.63, 3.8) is 0 Å². The number of nitrogens with one attached hydrogen (secondary N) is 2. The summed E-state index contributed by atoms with van der Waals surface area (Å²) in [6.07, 6.45) is 8.71. The Morgan fingerprint density at radius 2 is 1.77 bits per heavy atom. The van der Waals surface area contributed by atoms with Gasteiger partial charge in [0.1, 0.15) is 0 Å². The maximum atomic E-state index is 4.68. The van der Waals surface area contributed by atoms with E-state index in [1.54, 1.807) is 0 Å². The van der Waals surface area contributed by atoms with Gasteiger partial charge >= 0.3 is 0 Å². The lowest BCUT2D eigenvalue weighted by Crippen LogP contribution is -2.15. The van der Waals surface area contributed by atoms with Crippen molar-refractivity contribution in [1.29, 1.82) is 0 Å². The van der Waals surface area contributed by atoms with E-state index >= 15 is 0 Å². The molecule has 0 spiro atoms. The number of allylic oxidation sites excluding steroid dienone is 1. The molecule has 2 aromatic carbocycles. The second-order valence-electron chi connectivity index (χ2n) is 9.62. The van der Waals surface area contributed by atoms with Crippen molar-refractivity contribution in [2.24, 2.45) is 12.0 Å². The Bertz CT molecular complexity index is 1650. The van der Waals surface area contributed by atoms with Gasteiger partial charge in [-0.3, -0.25) is 10.1 Å². The van der Waals surface area contributed by atoms with Gasteiger partial charge in [0, 0.05) is 28.9 Å². The van der Waals surface area contributed by atoms with E-state index in [0.29, 0.717) is 0 Å². The SMILES string of the molecule is C.Cc1ccc2c(c1)c1c(n2C)C2=NCC=C2CC1.c1ccc2c3c([nH]c2c1)-c1[nH]ncc1CC3. The van der Waals surface area contributed by atoms with Crippen molar-refractivity contribution < 1.29 is 0 Å². The minimum Gasteiger partial charge on any atom is -0.353 e. The number of rotatable bonds is 0. The Kier molecular flexibility index (Phi) is 5.03. The van der Waals surface area contributed by atoms with Gasteiger partial charge in [0.05, 0.1) is 35.5 Å². The molecule has 0 atom stereocenters. The van der Waals surface area contributed by atoms with E-state index in [-0.39, 0.29) is 7.43 Å². The molecule has 2 aliphatic carbocycles. The van der Waals surface area contributed by atoms with Gasteiger partial charge in [0.25, 0.3) is 0 Å². The van der Waals surface area contributed by atoms with Crippen LogP contribution in [0.4, 0.5) is 0 Å². The highest BCUT2D eigenvalue weighted by atomic mass is 15.1. The fourth-order valence-corrected chi connectivity index (χ4v) is 5.99. The lowest BCUT2D eigenvalue weighted by Gasteiger charge is -2.16. The summed E-state index contributed by atoms with van der Waals surface area (Å²) in [6, 6.07) is 15.2. The first-order chi connectivity index (χ1) is 16.7. The third kappa shape index (κ3) is 3.22. The summed E-state index contributed by atoms with van der Waals surface area (Å²) < 4.78 is 2.32. The number of aromatic amines is 2. The molecule has 0 unspecified atom stereocenters. The van der Waals surface area contributed by atoms with Gasteiger partial charge in [0.2, 0.25) is 0 Å². The van der Waals surface area contributed by atoms with Crippen LogP contribution in [0.25, 0.3) is 33.2 Å². The van der Waals surface area contributed by atoms with E-state index in [1.807, 2.05) is 6.20 Å². The van der Waals surface area contributed by atoms with Crippen LogP contribution in [-0.2, 0) is 26.3 Å². The molecule has 176 valence electrons. The highest BCUT2D eigenvalue weighted by molar-refractivity contribution is 6.17. The zero-order valence-electron chi connectivity index (χ0n) is 19.6. The Hall–Kier alpha value is -3.86. The summed E-state index contributed by atoms with van der Waals surface area (Å²) in [5.41, 5.74) is 14.6. The number of hydrogen-bond acceptors (Lipinski definition) is 2. The summed E-state index contributed by atoms with van der Waals surface area (Å²) in [5, 5.41) is 9.98. The number of fused-ring (bicyclic) bond motifs is 10. The standard InChI is InChI=1S/C16H16N2.C13H11N3.CH4/c1-10-3-6-14-13(9-10)12-5-4-11-7-8-17-15(11)16(12)18(14)2;1-2-4-11-9(3-1)10-6-5-8-7-14-16-12(8)13(10)15-11;/h3,6-7,9H,4-5,8H2,1-2H3;1-4,7,15H,5-6H2,(H,14,16);1H4. The number of benzene rings is 2. The first kappa shape index (κ1) is 21.7. The van der Waals surface area contributed by atoms with Crippen LogP contribution in [0.3, 0.4) is 0 Å². The molecule has 35 heavy (non-hydrogen) atoms. The van der Waals surface area contributed by atoms with Crippen molar-refractivity contribution in [2.45, 2.75) is 40.0 Å². The summed E-state index contributed by atoms with van der Waals surface area (Å²) >= 11 is 0. The summed E-state index contributed by atoms with van der Waals surface area (Å²) in [6.45, 7) is 3.03. The molecule has 8 rings (SSSR count). The van der Waals surface area contributed by atoms with Gasteiger partial charge in [-0.2, -0.15) is 5.10 Å². The van der Waals surface area contributed by atoms with Crippen molar-refractivity contribution in [2.75, 3.05) is 6.54 Å². The smallest absolute Gasteiger partial charge is 0.0847 e. The van der Waals surface area contributed by atoms with Crippen molar-refractivity contribution >= 4 is 27.5 Å². The molecule has 5 heteroatoms. The molecule has 5 nitrogen and oxygen atoms in total. The minimum atomic E-state index is 0. The molecule has 5 aromatic rings. The van der Waals surface area contributed by atoms with Crippen LogP contribution in [-0.4, -0.2) is 32.0 Å². The molecule has 1 aliphatic heterocycles. The van der Waals surface area contributed by atoms with Crippen molar-refractivity contribution in [1.82, 2.24) is 19.7 Å². The van der Waals surface area contributed by atoms with Gasteiger partial charge < -0.3 is 9.55 Å². The number of para-hydroxylation sites is 1. The van der Waals surface area contributed by atoms with E-state index in [1.165, 1.54) is 66.7 Å². The molecular weight excluding hydrogens is 430 g/mol. The number of H-pyrrole nitrogens is 2. The van der Waals surface area contributed by atoms with Gasteiger partial charge in [-0.15, -0.1) is 0 Å². The van der Waals surface area contributed by atoms with Crippen molar-refractivity contribution in [3.05, 3.63) is 88.3 Å². The number of hydrogen-bond donors (Lipinski definition) is 2. The third-order valence-electron chi connectivity index (χ3n) is 7.65. The molecule has 0 fully saturated rings. The highest BCUT2D eigenvalue weighted by Crippen LogP contribution is 2.37. The first-order valence-electron chi connectivity index (χ1n) is 12.1. The average Bonchev–Trinajstić information content (AvgIpc) is 3.63. The normalized spacial score (nSPS) is 15.3. The molecule has 0 radical (unpaired) electrons. The van der Waals surface area contributed by atoms with Crippen molar-refractivity contribution in [3.8, 4) is 11.4 Å². The van der Waals surface area contributed by atoms with Crippen LogP contribution in [0.2, 0.25) is 0 Å². The van der Waals surface area contributed by atoms with Crippen LogP contribution < -0.4 is 0 Å². The first-order valence-corrected chi connectivity index (χ1v) is 12.1. The number of aromatic nitrogens is 4. The van der Waals surface area contributed by atoms with E-state index < -0.39 is 0 Å². The Balaban J connectivity index is 0.000000128. The van der Waals surface area contributed by atoms with Gasteiger partial charge in [-0.25, -0.2) is 0 Å². The van der Waals surface area contributed by atoms with E-state index in [2.05, 4.69) is 87.3 Å². The molecule has 0 saturated heterocycles. The lowest BCUT2D eigenvalue weighted by molar-refractivity contribution is 0.893. The summed E-state index contributed by atoms with van der Waals surface area (Å²) in [4.78, 5) is 8.17. The molecule has 0 saturated carbocycles. The zero-order valence-corrected chi connectivity index (χ0v) is 19.6.